The predicted molar refractivity (Wildman–Crippen MR) is 67.9 cm³/mol. The lowest BCUT2D eigenvalue weighted by molar-refractivity contribution is 0.0690. The Balaban J connectivity index is 2.08. The van der Waals surface area contributed by atoms with E-state index in [4.69, 9.17) is 0 Å². The smallest absolute Gasteiger partial charge is 0.272 e. The van der Waals surface area contributed by atoms with Crippen LogP contribution in [0.1, 0.15) is 48.3 Å². The molecule has 0 bridgehead atoms. The number of carbonyl (C=O) groups is 1. The summed E-state index contributed by atoms with van der Waals surface area (Å²) in [7, 11) is 1.91. The fourth-order valence-electron chi connectivity index (χ4n) is 2.48. The molecule has 3 nitrogen and oxygen atoms in total. The van der Waals surface area contributed by atoms with Gasteiger partial charge >= 0.3 is 0 Å². The molecule has 1 aliphatic carbocycles. The van der Waals surface area contributed by atoms with E-state index in [1.807, 2.05) is 31.0 Å². The Labute approximate surface area is 103 Å². The first-order valence-corrected chi connectivity index (χ1v) is 6.39. The number of aromatic nitrogens is 1. The summed E-state index contributed by atoms with van der Waals surface area (Å²) in [6.07, 6.45) is 6.05. The highest BCUT2D eigenvalue weighted by atomic mass is 16.2. The molecule has 0 saturated heterocycles. The van der Waals surface area contributed by atoms with Crippen LogP contribution in [-0.4, -0.2) is 28.9 Å². The van der Waals surface area contributed by atoms with E-state index in [-0.39, 0.29) is 5.91 Å². The van der Waals surface area contributed by atoms with Crippen molar-refractivity contribution in [2.75, 3.05) is 7.05 Å². The third-order valence-electron chi connectivity index (χ3n) is 3.55. The maximum atomic E-state index is 12.3. The maximum Gasteiger partial charge on any atom is 0.272 e. The van der Waals surface area contributed by atoms with E-state index >= 15 is 0 Å². The summed E-state index contributed by atoms with van der Waals surface area (Å²) < 4.78 is 0. The van der Waals surface area contributed by atoms with Gasteiger partial charge in [-0.2, -0.15) is 0 Å². The average Bonchev–Trinajstić information content (AvgIpc) is 2.38. The molecule has 1 saturated carbocycles. The molecule has 2 rings (SSSR count). The third-order valence-corrected chi connectivity index (χ3v) is 3.55. The normalized spacial score (nSPS) is 16.8. The van der Waals surface area contributed by atoms with Crippen molar-refractivity contribution in [3.8, 4) is 0 Å². The molecule has 0 aromatic carbocycles. The molecule has 0 spiro atoms. The summed E-state index contributed by atoms with van der Waals surface area (Å²) in [5, 5.41) is 0. The number of carbonyl (C=O) groups excluding carboxylic acids is 1. The molecular weight excluding hydrogens is 212 g/mol. The largest absolute Gasteiger partial charge is 0.337 e. The molecule has 0 atom stereocenters. The molecule has 3 heteroatoms. The second kappa shape index (κ2) is 5.30. The molecule has 17 heavy (non-hydrogen) atoms. The molecule has 0 N–H and O–H groups in total. The van der Waals surface area contributed by atoms with Gasteiger partial charge in [0.1, 0.15) is 5.69 Å². The van der Waals surface area contributed by atoms with Crippen molar-refractivity contribution in [1.82, 2.24) is 9.88 Å². The van der Waals surface area contributed by atoms with Gasteiger partial charge in [0.25, 0.3) is 5.91 Å². The monoisotopic (exact) mass is 232 g/mol. The quantitative estimate of drug-likeness (QED) is 0.785. The topological polar surface area (TPSA) is 33.2 Å². The van der Waals surface area contributed by atoms with Crippen molar-refractivity contribution in [1.29, 1.82) is 0 Å². The van der Waals surface area contributed by atoms with Gasteiger partial charge in [-0.3, -0.25) is 4.79 Å². The highest BCUT2D eigenvalue weighted by molar-refractivity contribution is 5.92. The van der Waals surface area contributed by atoms with Crippen molar-refractivity contribution < 1.29 is 4.79 Å². The van der Waals surface area contributed by atoms with Crippen molar-refractivity contribution >= 4 is 5.91 Å². The van der Waals surface area contributed by atoms with Crippen LogP contribution in [0, 0.1) is 6.92 Å². The van der Waals surface area contributed by atoms with Crippen LogP contribution in [-0.2, 0) is 0 Å². The first-order valence-electron chi connectivity index (χ1n) is 6.39. The van der Waals surface area contributed by atoms with E-state index < -0.39 is 0 Å². The lowest BCUT2D eigenvalue weighted by Gasteiger charge is -2.31. The minimum absolute atomic E-state index is 0.0561. The van der Waals surface area contributed by atoms with Crippen LogP contribution in [0.5, 0.6) is 0 Å². The van der Waals surface area contributed by atoms with E-state index in [1.165, 1.54) is 19.3 Å². The summed E-state index contributed by atoms with van der Waals surface area (Å²) in [6.45, 7) is 1.91. The molecule has 1 aromatic heterocycles. The van der Waals surface area contributed by atoms with Crippen molar-refractivity contribution in [2.24, 2.45) is 0 Å². The highest BCUT2D eigenvalue weighted by Gasteiger charge is 2.23. The molecule has 92 valence electrons. The predicted octanol–water partition coefficient (Wildman–Crippen LogP) is 2.79. The van der Waals surface area contributed by atoms with E-state index in [1.54, 1.807) is 6.07 Å². The number of rotatable bonds is 2. The van der Waals surface area contributed by atoms with Gasteiger partial charge in [-0.15, -0.1) is 0 Å². The zero-order valence-electron chi connectivity index (χ0n) is 10.6. The SMILES string of the molecule is Cc1cccc(C(=O)N(C)C2CCCCC2)n1. The summed E-state index contributed by atoms with van der Waals surface area (Å²) >= 11 is 0. The summed E-state index contributed by atoms with van der Waals surface area (Å²) in [5.41, 5.74) is 1.46. The molecule has 1 amide bonds. The Hall–Kier alpha value is -1.38. The number of pyridine rings is 1. The maximum absolute atomic E-state index is 12.3. The van der Waals surface area contributed by atoms with Crippen molar-refractivity contribution in [3.05, 3.63) is 29.6 Å². The van der Waals surface area contributed by atoms with E-state index in [0.29, 0.717) is 11.7 Å². The molecule has 1 aliphatic rings. The van der Waals surface area contributed by atoms with E-state index in [0.717, 1.165) is 18.5 Å². The molecule has 0 unspecified atom stereocenters. The standard InChI is InChI=1S/C14H20N2O/c1-11-7-6-10-13(15-11)14(17)16(2)12-8-4-3-5-9-12/h6-7,10,12H,3-5,8-9H2,1-2H3. The fraction of sp³-hybridized carbons (Fsp3) is 0.571. The van der Waals surface area contributed by atoms with Crippen LogP contribution in [0.3, 0.4) is 0 Å². The average molecular weight is 232 g/mol. The van der Waals surface area contributed by atoms with Gasteiger partial charge in [-0.05, 0) is 31.9 Å². The number of hydrogen-bond acceptors (Lipinski definition) is 2. The zero-order valence-corrected chi connectivity index (χ0v) is 10.6. The molecule has 0 radical (unpaired) electrons. The number of hydrogen-bond donors (Lipinski definition) is 0. The summed E-state index contributed by atoms with van der Waals surface area (Å²) in [6, 6.07) is 6.01. The van der Waals surface area contributed by atoms with Crippen LogP contribution in [0.4, 0.5) is 0 Å². The first-order chi connectivity index (χ1) is 8.18. The van der Waals surface area contributed by atoms with Gasteiger partial charge < -0.3 is 4.90 Å². The van der Waals surface area contributed by atoms with Crippen LogP contribution in [0.2, 0.25) is 0 Å². The first kappa shape index (κ1) is 12.1. The van der Waals surface area contributed by atoms with Crippen molar-refractivity contribution in [3.63, 3.8) is 0 Å². The molecule has 1 heterocycles. The van der Waals surface area contributed by atoms with Crippen molar-refractivity contribution in [2.45, 2.75) is 45.1 Å². The van der Waals surface area contributed by atoms with Crippen LogP contribution >= 0.6 is 0 Å². The zero-order chi connectivity index (χ0) is 12.3. The van der Waals surface area contributed by atoms with Gasteiger partial charge in [-0.25, -0.2) is 4.98 Å². The number of nitrogens with zero attached hydrogens (tertiary/aromatic N) is 2. The number of amides is 1. The molecule has 1 fully saturated rings. The second-order valence-corrected chi connectivity index (χ2v) is 4.87. The lowest BCUT2D eigenvalue weighted by Crippen LogP contribution is -2.38. The van der Waals surface area contributed by atoms with Crippen LogP contribution in [0.15, 0.2) is 18.2 Å². The molecule has 0 aliphatic heterocycles. The van der Waals surface area contributed by atoms with Gasteiger partial charge in [-0.1, -0.05) is 25.3 Å². The van der Waals surface area contributed by atoms with E-state index in [2.05, 4.69) is 4.98 Å². The fourth-order valence-corrected chi connectivity index (χ4v) is 2.48. The third kappa shape index (κ3) is 2.84. The Morgan fingerprint density at radius 3 is 2.65 bits per heavy atom. The van der Waals surface area contributed by atoms with Gasteiger partial charge in [0.05, 0.1) is 0 Å². The van der Waals surface area contributed by atoms with Gasteiger partial charge in [0.15, 0.2) is 0 Å². The number of aryl methyl sites for hydroxylation is 1. The van der Waals surface area contributed by atoms with Gasteiger partial charge in [0, 0.05) is 18.8 Å². The highest BCUT2D eigenvalue weighted by Crippen LogP contribution is 2.22. The Morgan fingerprint density at radius 1 is 1.29 bits per heavy atom. The van der Waals surface area contributed by atoms with E-state index in [9.17, 15) is 4.79 Å². The van der Waals surface area contributed by atoms with Gasteiger partial charge in [0.2, 0.25) is 0 Å². The van der Waals surface area contributed by atoms with Crippen LogP contribution < -0.4 is 0 Å². The molecular formula is C14H20N2O. The molecule has 1 aromatic rings. The Morgan fingerprint density at radius 2 is 2.00 bits per heavy atom. The second-order valence-electron chi connectivity index (χ2n) is 4.87. The summed E-state index contributed by atoms with van der Waals surface area (Å²) in [5.74, 6) is 0.0561. The summed E-state index contributed by atoms with van der Waals surface area (Å²) in [4.78, 5) is 18.4. The minimum atomic E-state index is 0.0561. The Bertz CT molecular complexity index is 397. The lowest BCUT2D eigenvalue weighted by atomic mass is 9.94. The van der Waals surface area contributed by atoms with Crippen LogP contribution in [0.25, 0.3) is 0 Å². The minimum Gasteiger partial charge on any atom is -0.337 e. The Kier molecular flexibility index (Phi) is 3.77.